The number of rotatable bonds is 4. The summed E-state index contributed by atoms with van der Waals surface area (Å²) in [5.74, 6) is -0.502. The van der Waals surface area contributed by atoms with Gasteiger partial charge in [-0.3, -0.25) is 9.78 Å². The molecule has 0 spiro atoms. The fourth-order valence-corrected chi connectivity index (χ4v) is 0.938. The van der Waals surface area contributed by atoms with Crippen molar-refractivity contribution in [3.8, 4) is 0 Å². The second kappa shape index (κ2) is 4.57. The summed E-state index contributed by atoms with van der Waals surface area (Å²) >= 11 is 0. The van der Waals surface area contributed by atoms with Crippen LogP contribution in [0.1, 0.15) is 16.1 Å². The Morgan fingerprint density at radius 3 is 2.85 bits per heavy atom. The topological polar surface area (TPSA) is 65.2 Å². The Morgan fingerprint density at radius 2 is 2.38 bits per heavy atom. The van der Waals surface area contributed by atoms with Gasteiger partial charge in [-0.1, -0.05) is 6.07 Å². The van der Waals surface area contributed by atoms with Gasteiger partial charge in [-0.15, -0.1) is 0 Å². The molecular formula is C9H12N2O2. The molecule has 2 N–H and O–H groups in total. The van der Waals surface area contributed by atoms with Crippen molar-refractivity contribution < 1.29 is 9.53 Å². The molecule has 0 atom stereocenters. The van der Waals surface area contributed by atoms with Gasteiger partial charge in [0.05, 0.1) is 6.61 Å². The van der Waals surface area contributed by atoms with Crippen molar-refractivity contribution in [2.75, 3.05) is 13.7 Å². The molecule has 1 aromatic heterocycles. The lowest BCUT2D eigenvalue weighted by molar-refractivity contribution is 0.0995. The number of amides is 1. The summed E-state index contributed by atoms with van der Waals surface area (Å²) in [6, 6.07) is 3.44. The molecule has 1 heterocycles. The van der Waals surface area contributed by atoms with Crippen LogP contribution in [0.4, 0.5) is 0 Å². The first-order chi connectivity index (χ1) is 6.24. The maximum absolute atomic E-state index is 10.7. The number of primary amides is 1. The van der Waals surface area contributed by atoms with Gasteiger partial charge in [0.1, 0.15) is 5.69 Å². The zero-order valence-corrected chi connectivity index (χ0v) is 7.49. The quantitative estimate of drug-likeness (QED) is 0.728. The van der Waals surface area contributed by atoms with Gasteiger partial charge >= 0.3 is 0 Å². The van der Waals surface area contributed by atoms with Gasteiger partial charge in [-0.05, 0) is 18.1 Å². The molecule has 0 unspecified atom stereocenters. The Labute approximate surface area is 76.7 Å². The number of nitrogens with zero attached hydrogens (tertiary/aromatic N) is 1. The highest BCUT2D eigenvalue weighted by molar-refractivity contribution is 5.90. The van der Waals surface area contributed by atoms with E-state index in [1.165, 1.54) is 0 Å². The van der Waals surface area contributed by atoms with E-state index in [4.69, 9.17) is 10.5 Å². The highest BCUT2D eigenvalue weighted by Gasteiger charge is 2.00. The van der Waals surface area contributed by atoms with Gasteiger partial charge in [0.25, 0.3) is 5.91 Å². The van der Waals surface area contributed by atoms with Crippen molar-refractivity contribution in [2.24, 2.45) is 5.73 Å². The van der Waals surface area contributed by atoms with Gasteiger partial charge in [0.15, 0.2) is 0 Å². The first-order valence-electron chi connectivity index (χ1n) is 3.97. The molecule has 4 nitrogen and oxygen atoms in total. The second-order valence-corrected chi connectivity index (χ2v) is 2.66. The molecule has 0 saturated carbocycles. The largest absolute Gasteiger partial charge is 0.384 e. The molecule has 1 aromatic rings. The SMILES string of the molecule is COCCc1ccc(C(N)=O)nc1. The van der Waals surface area contributed by atoms with E-state index in [1.54, 1.807) is 19.4 Å². The predicted octanol–water partition coefficient (Wildman–Crippen LogP) is 0.369. The Morgan fingerprint density at radius 1 is 1.62 bits per heavy atom. The number of nitrogens with two attached hydrogens (primary N) is 1. The second-order valence-electron chi connectivity index (χ2n) is 2.66. The van der Waals surface area contributed by atoms with Crippen LogP contribution in [0.3, 0.4) is 0 Å². The first-order valence-corrected chi connectivity index (χ1v) is 3.97. The summed E-state index contributed by atoms with van der Waals surface area (Å²) in [5.41, 5.74) is 6.36. The van der Waals surface area contributed by atoms with Gasteiger partial charge in [-0.25, -0.2) is 0 Å². The van der Waals surface area contributed by atoms with E-state index in [-0.39, 0.29) is 0 Å². The molecule has 0 aliphatic carbocycles. The average Bonchev–Trinajstić information content (AvgIpc) is 2.15. The third-order valence-corrected chi connectivity index (χ3v) is 1.67. The van der Waals surface area contributed by atoms with Crippen molar-refractivity contribution in [3.63, 3.8) is 0 Å². The zero-order valence-electron chi connectivity index (χ0n) is 7.49. The molecule has 0 aliphatic rings. The number of carbonyl (C=O) groups is 1. The summed E-state index contributed by atoms with van der Waals surface area (Å²) < 4.78 is 4.90. The Balaban J connectivity index is 2.64. The molecule has 4 heteroatoms. The van der Waals surface area contributed by atoms with E-state index in [1.807, 2.05) is 6.07 Å². The predicted molar refractivity (Wildman–Crippen MR) is 48.3 cm³/mol. The minimum Gasteiger partial charge on any atom is -0.384 e. The lowest BCUT2D eigenvalue weighted by Gasteiger charge is -1.99. The van der Waals surface area contributed by atoms with Crippen LogP contribution >= 0.6 is 0 Å². The fourth-order valence-electron chi connectivity index (χ4n) is 0.938. The van der Waals surface area contributed by atoms with Crippen molar-refractivity contribution in [1.29, 1.82) is 0 Å². The zero-order chi connectivity index (χ0) is 9.68. The smallest absolute Gasteiger partial charge is 0.267 e. The van der Waals surface area contributed by atoms with Crippen LogP contribution in [-0.4, -0.2) is 24.6 Å². The normalized spacial score (nSPS) is 9.92. The van der Waals surface area contributed by atoms with Crippen molar-refractivity contribution in [1.82, 2.24) is 4.98 Å². The Hall–Kier alpha value is -1.42. The van der Waals surface area contributed by atoms with Crippen LogP contribution in [0.15, 0.2) is 18.3 Å². The molecule has 1 rings (SSSR count). The lowest BCUT2D eigenvalue weighted by atomic mass is 10.2. The Kier molecular flexibility index (Phi) is 3.40. The number of carbonyl (C=O) groups excluding carboxylic acids is 1. The third-order valence-electron chi connectivity index (χ3n) is 1.67. The van der Waals surface area contributed by atoms with Crippen molar-refractivity contribution >= 4 is 5.91 Å². The van der Waals surface area contributed by atoms with Crippen molar-refractivity contribution in [3.05, 3.63) is 29.6 Å². The number of hydrogen-bond donors (Lipinski definition) is 1. The summed E-state index contributed by atoms with van der Waals surface area (Å²) in [5, 5.41) is 0. The van der Waals surface area contributed by atoms with Gasteiger partial charge < -0.3 is 10.5 Å². The van der Waals surface area contributed by atoms with E-state index in [0.29, 0.717) is 12.3 Å². The minimum absolute atomic E-state index is 0.293. The number of ether oxygens (including phenoxy) is 1. The van der Waals surface area contributed by atoms with E-state index in [0.717, 1.165) is 12.0 Å². The first kappa shape index (κ1) is 9.67. The standard InChI is InChI=1S/C9H12N2O2/c1-13-5-4-7-2-3-8(9(10)12)11-6-7/h2-3,6H,4-5H2,1H3,(H2,10,12). The van der Waals surface area contributed by atoms with Gasteiger partial charge in [-0.2, -0.15) is 0 Å². The molecule has 0 saturated heterocycles. The molecular weight excluding hydrogens is 168 g/mol. The molecule has 0 radical (unpaired) electrons. The summed E-state index contributed by atoms with van der Waals surface area (Å²) in [4.78, 5) is 14.6. The number of aromatic nitrogens is 1. The maximum Gasteiger partial charge on any atom is 0.267 e. The van der Waals surface area contributed by atoms with E-state index >= 15 is 0 Å². The highest BCUT2D eigenvalue weighted by atomic mass is 16.5. The molecule has 0 aromatic carbocycles. The van der Waals surface area contributed by atoms with Gasteiger partial charge in [0, 0.05) is 13.3 Å². The summed E-state index contributed by atoms with van der Waals surface area (Å²) in [6.07, 6.45) is 2.43. The fraction of sp³-hybridized carbons (Fsp3) is 0.333. The van der Waals surface area contributed by atoms with Crippen LogP contribution < -0.4 is 5.73 Å². The molecule has 13 heavy (non-hydrogen) atoms. The van der Waals surface area contributed by atoms with Crippen LogP contribution in [0.2, 0.25) is 0 Å². The molecule has 0 bridgehead atoms. The van der Waals surface area contributed by atoms with E-state index in [9.17, 15) is 4.79 Å². The summed E-state index contributed by atoms with van der Waals surface area (Å²) in [7, 11) is 1.64. The number of hydrogen-bond acceptors (Lipinski definition) is 3. The Bertz CT molecular complexity index is 282. The molecule has 0 aliphatic heterocycles. The number of methoxy groups -OCH3 is 1. The molecule has 0 fully saturated rings. The van der Waals surface area contributed by atoms with Crippen LogP contribution in [-0.2, 0) is 11.2 Å². The highest BCUT2D eigenvalue weighted by Crippen LogP contribution is 2.00. The van der Waals surface area contributed by atoms with Gasteiger partial charge in [0.2, 0.25) is 0 Å². The maximum atomic E-state index is 10.7. The monoisotopic (exact) mass is 180 g/mol. The van der Waals surface area contributed by atoms with Crippen LogP contribution in [0.25, 0.3) is 0 Å². The lowest BCUT2D eigenvalue weighted by Crippen LogP contribution is -2.12. The van der Waals surface area contributed by atoms with E-state index in [2.05, 4.69) is 4.98 Å². The van der Waals surface area contributed by atoms with Crippen molar-refractivity contribution in [2.45, 2.75) is 6.42 Å². The van der Waals surface area contributed by atoms with Crippen LogP contribution in [0, 0.1) is 0 Å². The van der Waals surface area contributed by atoms with E-state index < -0.39 is 5.91 Å². The van der Waals surface area contributed by atoms with Crippen LogP contribution in [0.5, 0.6) is 0 Å². The summed E-state index contributed by atoms with van der Waals surface area (Å²) in [6.45, 7) is 0.650. The average molecular weight is 180 g/mol. The third kappa shape index (κ3) is 2.83. The molecule has 1 amide bonds. The number of pyridine rings is 1. The minimum atomic E-state index is -0.502. The molecule has 70 valence electrons.